The van der Waals surface area contributed by atoms with Gasteiger partial charge in [0.25, 0.3) is 0 Å². The summed E-state index contributed by atoms with van der Waals surface area (Å²) in [6.45, 7) is 2.73. The molecule has 0 aliphatic rings. The van der Waals surface area contributed by atoms with Crippen molar-refractivity contribution in [1.29, 1.82) is 0 Å². The van der Waals surface area contributed by atoms with E-state index in [9.17, 15) is 0 Å². The van der Waals surface area contributed by atoms with E-state index < -0.39 is 0 Å². The third-order valence-electron chi connectivity index (χ3n) is 2.71. The van der Waals surface area contributed by atoms with Crippen LogP contribution in [0.25, 0.3) is 0 Å². The zero-order valence-corrected chi connectivity index (χ0v) is 10.4. The van der Waals surface area contributed by atoms with E-state index in [1.54, 1.807) is 0 Å². The van der Waals surface area contributed by atoms with Crippen molar-refractivity contribution in [2.45, 2.75) is 13.5 Å². The first-order chi connectivity index (χ1) is 8.77. The van der Waals surface area contributed by atoms with Gasteiger partial charge in [-0.3, -0.25) is 0 Å². The fraction of sp³-hybridized carbons (Fsp3) is 0.143. The number of nitrogens with two attached hydrogens (primary N) is 1. The van der Waals surface area contributed by atoms with Gasteiger partial charge < -0.3 is 0 Å². The van der Waals surface area contributed by atoms with Gasteiger partial charge in [-0.1, -0.05) is 48.5 Å². The summed E-state index contributed by atoms with van der Waals surface area (Å²) in [4.78, 5) is 0. The molecule has 0 atom stereocenters. The van der Waals surface area contributed by atoms with Crippen molar-refractivity contribution in [3.63, 3.8) is 0 Å². The molecule has 0 spiro atoms. The summed E-state index contributed by atoms with van der Waals surface area (Å²) in [6.07, 6.45) is 0. The zero-order chi connectivity index (χ0) is 12.8. The predicted molar refractivity (Wildman–Crippen MR) is 74.3 cm³/mol. The highest BCUT2D eigenvalue weighted by Gasteiger charge is 2.02. The van der Waals surface area contributed by atoms with Crippen LogP contribution in [0.1, 0.15) is 11.1 Å². The van der Waals surface area contributed by atoms with Crippen molar-refractivity contribution in [2.24, 2.45) is 5.84 Å². The minimum Gasteiger partial charge on any atom is -0.234 e. The molecule has 94 valence electrons. The summed E-state index contributed by atoms with van der Waals surface area (Å²) in [7, 11) is 0. The molecule has 0 aliphatic carbocycles. The van der Waals surface area contributed by atoms with Crippen LogP contribution in [-0.2, 0) is 6.54 Å². The van der Waals surface area contributed by atoms with E-state index >= 15 is 0 Å². The molecular weight excluding hydrogens is 224 g/mol. The summed E-state index contributed by atoms with van der Waals surface area (Å²) in [6, 6.07) is 18.1. The fourth-order valence-corrected chi connectivity index (χ4v) is 1.72. The number of aryl methyl sites for hydroxylation is 1. The highest BCUT2D eigenvalue weighted by atomic mass is 15.8. The third-order valence-corrected chi connectivity index (χ3v) is 2.71. The quantitative estimate of drug-likeness (QED) is 0.553. The zero-order valence-electron chi connectivity index (χ0n) is 10.4. The van der Waals surface area contributed by atoms with Gasteiger partial charge >= 0.3 is 0 Å². The Bertz CT molecular complexity index is 484. The van der Waals surface area contributed by atoms with Gasteiger partial charge in [-0.05, 0) is 24.1 Å². The number of nitrogens with zero attached hydrogens (tertiary/aromatic N) is 1. The first-order valence-electron chi connectivity index (χ1n) is 5.90. The van der Waals surface area contributed by atoms with Crippen molar-refractivity contribution >= 4 is 5.69 Å². The topological polar surface area (TPSA) is 53.3 Å². The molecule has 0 radical (unpaired) electrons. The Labute approximate surface area is 107 Å². The number of rotatable bonds is 5. The molecule has 2 aromatic carbocycles. The first-order valence-corrected chi connectivity index (χ1v) is 5.90. The van der Waals surface area contributed by atoms with Gasteiger partial charge in [-0.2, -0.15) is 5.53 Å². The Balaban J connectivity index is 1.86. The molecule has 0 aliphatic heterocycles. The molecule has 2 rings (SSSR count). The maximum absolute atomic E-state index is 5.92. The number of benzene rings is 2. The first kappa shape index (κ1) is 12.6. The van der Waals surface area contributed by atoms with Crippen LogP contribution in [0.4, 0.5) is 5.69 Å². The van der Waals surface area contributed by atoms with Crippen LogP contribution < -0.4 is 21.9 Å². The van der Waals surface area contributed by atoms with Gasteiger partial charge in [0, 0.05) is 6.54 Å². The van der Waals surface area contributed by atoms with E-state index in [2.05, 4.69) is 23.1 Å². The molecule has 0 fully saturated rings. The Morgan fingerprint density at radius 1 is 1.00 bits per heavy atom. The largest absolute Gasteiger partial charge is 0.234 e. The summed E-state index contributed by atoms with van der Waals surface area (Å²) in [5, 5.41) is 1.48. The Morgan fingerprint density at radius 3 is 2.39 bits per heavy atom. The highest BCUT2D eigenvalue weighted by Crippen LogP contribution is 2.14. The third kappa shape index (κ3) is 3.30. The number of hydrogen-bond acceptors (Lipinski definition) is 4. The fourth-order valence-electron chi connectivity index (χ4n) is 1.72. The highest BCUT2D eigenvalue weighted by molar-refractivity contribution is 5.50. The average Bonchev–Trinajstić information content (AvgIpc) is 2.40. The molecule has 0 heterocycles. The Kier molecular flexibility index (Phi) is 4.30. The second kappa shape index (κ2) is 6.16. The second-order valence-electron chi connectivity index (χ2n) is 4.11. The summed E-state index contributed by atoms with van der Waals surface area (Å²) in [5.74, 6) is 5.92. The van der Waals surface area contributed by atoms with Gasteiger partial charge in [-0.25, -0.2) is 16.4 Å². The second-order valence-corrected chi connectivity index (χ2v) is 4.11. The van der Waals surface area contributed by atoms with Crippen LogP contribution in [0, 0.1) is 6.92 Å². The van der Waals surface area contributed by atoms with E-state index in [1.807, 2.05) is 49.4 Å². The SMILES string of the molecule is Cc1ccccc1N(N)NNCc1ccccc1. The van der Waals surface area contributed by atoms with Crippen molar-refractivity contribution in [3.8, 4) is 0 Å². The standard InChI is InChI=1S/C14H18N4/c1-12-7-5-6-10-14(12)18(15)17-16-11-13-8-3-2-4-9-13/h2-10,16-17H,11,15H2,1H3. The monoisotopic (exact) mass is 242 g/mol. The molecular formula is C14H18N4. The van der Waals surface area contributed by atoms with E-state index in [0.29, 0.717) is 6.54 Å². The number of hydrogen-bond donors (Lipinski definition) is 3. The van der Waals surface area contributed by atoms with Gasteiger partial charge in [0.1, 0.15) is 0 Å². The van der Waals surface area contributed by atoms with Crippen LogP contribution in [0.15, 0.2) is 54.6 Å². The molecule has 0 saturated carbocycles. The predicted octanol–water partition coefficient (Wildman–Crippen LogP) is 1.88. The molecule has 18 heavy (non-hydrogen) atoms. The maximum Gasteiger partial charge on any atom is 0.0742 e. The smallest absolute Gasteiger partial charge is 0.0742 e. The molecule has 4 nitrogen and oxygen atoms in total. The van der Waals surface area contributed by atoms with Crippen molar-refractivity contribution in [3.05, 3.63) is 65.7 Å². The van der Waals surface area contributed by atoms with Gasteiger partial charge in [0.05, 0.1) is 5.69 Å². The van der Waals surface area contributed by atoms with Crippen molar-refractivity contribution in [1.82, 2.24) is 11.0 Å². The van der Waals surface area contributed by atoms with E-state index in [-0.39, 0.29) is 0 Å². The van der Waals surface area contributed by atoms with E-state index in [4.69, 9.17) is 5.84 Å². The van der Waals surface area contributed by atoms with Crippen LogP contribution in [0.3, 0.4) is 0 Å². The van der Waals surface area contributed by atoms with E-state index in [0.717, 1.165) is 11.3 Å². The molecule has 0 amide bonds. The molecule has 0 bridgehead atoms. The summed E-state index contributed by atoms with van der Waals surface area (Å²) >= 11 is 0. The molecule has 4 N–H and O–H groups in total. The lowest BCUT2D eigenvalue weighted by atomic mass is 10.2. The van der Waals surface area contributed by atoms with Crippen molar-refractivity contribution < 1.29 is 0 Å². The number of nitrogens with one attached hydrogen (secondary N) is 2. The minimum atomic E-state index is 0.709. The van der Waals surface area contributed by atoms with Gasteiger partial charge in [-0.15, -0.1) is 0 Å². The number of anilines is 1. The van der Waals surface area contributed by atoms with Crippen LogP contribution in [0.2, 0.25) is 0 Å². The van der Waals surface area contributed by atoms with Crippen LogP contribution in [0.5, 0.6) is 0 Å². The summed E-state index contributed by atoms with van der Waals surface area (Å²) in [5.41, 5.74) is 9.29. The molecule has 0 saturated heterocycles. The molecule has 0 aromatic heterocycles. The lowest BCUT2D eigenvalue weighted by Crippen LogP contribution is -2.51. The van der Waals surface area contributed by atoms with Crippen molar-refractivity contribution in [2.75, 3.05) is 5.12 Å². The minimum absolute atomic E-state index is 0.709. The molecule has 2 aromatic rings. The molecule has 4 heteroatoms. The molecule has 0 unspecified atom stereocenters. The maximum atomic E-state index is 5.92. The van der Waals surface area contributed by atoms with E-state index in [1.165, 1.54) is 10.7 Å². The van der Waals surface area contributed by atoms with Crippen LogP contribution >= 0.6 is 0 Å². The Morgan fingerprint density at radius 2 is 1.67 bits per heavy atom. The lowest BCUT2D eigenvalue weighted by molar-refractivity contribution is 0.504. The van der Waals surface area contributed by atoms with Gasteiger partial charge in [0.15, 0.2) is 0 Å². The average molecular weight is 242 g/mol. The Hall–Kier alpha value is -1.88. The number of hydrazine groups is 3. The normalized spacial score (nSPS) is 10.3. The summed E-state index contributed by atoms with van der Waals surface area (Å²) < 4.78 is 0. The van der Waals surface area contributed by atoms with Gasteiger partial charge in [0.2, 0.25) is 0 Å². The number of para-hydroxylation sites is 1. The van der Waals surface area contributed by atoms with Crippen LogP contribution in [-0.4, -0.2) is 0 Å². The lowest BCUT2D eigenvalue weighted by Gasteiger charge is -2.21.